The molecule has 2 rings (SSSR count). The van der Waals surface area contributed by atoms with Crippen molar-refractivity contribution in [3.8, 4) is 0 Å². The molecule has 0 bridgehead atoms. The van der Waals surface area contributed by atoms with Gasteiger partial charge in [0.1, 0.15) is 0 Å². The van der Waals surface area contributed by atoms with Crippen molar-refractivity contribution in [3.05, 3.63) is 37.4 Å². The Kier molecular flexibility index (Phi) is 8.06. The van der Waals surface area contributed by atoms with Crippen LogP contribution in [0.2, 0.25) is 0 Å². The van der Waals surface area contributed by atoms with E-state index in [1.807, 2.05) is 0 Å². The number of H-pyrrole nitrogens is 2. The quantitative estimate of drug-likeness (QED) is 0.626. The topological polar surface area (TPSA) is 138 Å². The Morgan fingerprint density at radius 3 is 1.16 bits per heavy atom. The standard InChI is InChI=1S/2C3H4N2.C2HF6NO4S2/c2*1-2-5-3-4-1;3-1(4,5)14(10,11)9-15(12,13)2(6,7)8/h2*1-3H,(H,4,5);9H. The Hall–Kier alpha value is -2.14. The maximum absolute atomic E-state index is 11.5. The van der Waals surface area contributed by atoms with Crippen molar-refractivity contribution >= 4 is 20.0 Å². The second-order valence-electron chi connectivity index (χ2n) is 3.50. The van der Waals surface area contributed by atoms with Crippen LogP contribution in [0.25, 0.3) is 0 Å². The molecule has 0 saturated carbocycles. The number of halogens is 6. The van der Waals surface area contributed by atoms with Gasteiger partial charge in [-0.1, -0.05) is 4.13 Å². The molecule has 2 aromatic heterocycles. The summed E-state index contributed by atoms with van der Waals surface area (Å²) in [6.07, 6.45) is 10.2. The smallest absolute Gasteiger partial charge is 0.351 e. The highest BCUT2D eigenvalue weighted by atomic mass is 32.3. The summed E-state index contributed by atoms with van der Waals surface area (Å²) in [5.74, 6) is 0. The van der Waals surface area contributed by atoms with E-state index in [1.54, 1.807) is 37.4 Å². The molecule has 0 aromatic carbocycles. The highest BCUT2D eigenvalue weighted by molar-refractivity contribution is 8.05. The summed E-state index contributed by atoms with van der Waals surface area (Å²) in [7, 11) is -13.2. The molecular formula is C8H9F6N5O4S2. The van der Waals surface area contributed by atoms with E-state index in [0.29, 0.717) is 0 Å². The van der Waals surface area contributed by atoms with Crippen molar-refractivity contribution in [3.63, 3.8) is 0 Å². The number of nitrogens with zero attached hydrogens (tertiary/aromatic N) is 2. The first-order chi connectivity index (χ1) is 11.2. The monoisotopic (exact) mass is 417 g/mol. The Morgan fingerprint density at radius 2 is 1.04 bits per heavy atom. The molecular weight excluding hydrogens is 408 g/mol. The van der Waals surface area contributed by atoms with Crippen molar-refractivity contribution in [2.75, 3.05) is 0 Å². The number of hydrogen-bond acceptors (Lipinski definition) is 6. The summed E-state index contributed by atoms with van der Waals surface area (Å²) < 4.78 is 108. The van der Waals surface area contributed by atoms with Gasteiger partial charge < -0.3 is 9.97 Å². The number of imidazole rings is 2. The van der Waals surface area contributed by atoms with Gasteiger partial charge in [0.05, 0.1) is 12.7 Å². The van der Waals surface area contributed by atoms with E-state index in [-0.39, 0.29) is 0 Å². The fraction of sp³-hybridized carbons (Fsp3) is 0.250. The van der Waals surface area contributed by atoms with Crippen LogP contribution in [0.3, 0.4) is 0 Å². The molecule has 0 radical (unpaired) electrons. The second kappa shape index (κ2) is 8.81. The number of nitrogens with one attached hydrogen (secondary N) is 3. The third-order valence-electron chi connectivity index (χ3n) is 1.64. The van der Waals surface area contributed by atoms with Crippen LogP contribution in [-0.4, -0.2) is 47.8 Å². The van der Waals surface area contributed by atoms with E-state index in [2.05, 4.69) is 19.9 Å². The molecule has 3 N–H and O–H groups in total. The van der Waals surface area contributed by atoms with Gasteiger partial charge >= 0.3 is 31.1 Å². The molecule has 2 aromatic rings. The molecule has 0 aliphatic carbocycles. The van der Waals surface area contributed by atoms with Crippen LogP contribution < -0.4 is 4.13 Å². The number of aromatic amines is 2. The van der Waals surface area contributed by atoms with Crippen LogP contribution in [0.5, 0.6) is 0 Å². The van der Waals surface area contributed by atoms with Crippen molar-refractivity contribution in [2.45, 2.75) is 11.0 Å². The maximum Gasteiger partial charge on any atom is 0.512 e. The van der Waals surface area contributed by atoms with Crippen LogP contribution >= 0.6 is 0 Å². The number of alkyl halides is 6. The lowest BCUT2D eigenvalue weighted by Gasteiger charge is -2.11. The molecule has 17 heteroatoms. The van der Waals surface area contributed by atoms with Crippen molar-refractivity contribution in [1.82, 2.24) is 24.1 Å². The lowest BCUT2D eigenvalue weighted by molar-refractivity contribution is -0.0476. The fourth-order valence-electron chi connectivity index (χ4n) is 0.669. The van der Waals surface area contributed by atoms with Crippen molar-refractivity contribution < 1.29 is 43.2 Å². The minimum Gasteiger partial charge on any atom is -0.351 e. The van der Waals surface area contributed by atoms with Gasteiger partial charge in [-0.3, -0.25) is 0 Å². The SMILES string of the molecule is O=S(=O)(NS(=O)(=O)C(F)(F)F)C(F)(F)F.c1c[nH]cn1.c1c[nH]cn1. The van der Waals surface area contributed by atoms with E-state index < -0.39 is 35.2 Å². The average molecular weight is 417 g/mol. The zero-order valence-electron chi connectivity index (χ0n) is 11.6. The third-order valence-corrected chi connectivity index (χ3v) is 4.61. The molecule has 0 aliphatic rings. The number of sulfonamides is 2. The molecule has 0 atom stereocenters. The maximum atomic E-state index is 11.5. The second-order valence-corrected chi connectivity index (χ2v) is 7.11. The molecule has 25 heavy (non-hydrogen) atoms. The number of aromatic nitrogens is 4. The van der Waals surface area contributed by atoms with Crippen LogP contribution in [0, 0.1) is 0 Å². The zero-order valence-corrected chi connectivity index (χ0v) is 13.2. The predicted molar refractivity (Wildman–Crippen MR) is 70.3 cm³/mol. The molecule has 9 nitrogen and oxygen atoms in total. The summed E-state index contributed by atoms with van der Waals surface area (Å²) in [4.78, 5) is 12.8. The number of hydrogen-bond donors (Lipinski definition) is 3. The first-order valence-electron chi connectivity index (χ1n) is 5.47. The third kappa shape index (κ3) is 8.49. The van der Waals surface area contributed by atoms with E-state index >= 15 is 0 Å². The van der Waals surface area contributed by atoms with Crippen molar-refractivity contribution in [2.24, 2.45) is 0 Å². The number of rotatable bonds is 2. The molecule has 0 unspecified atom stereocenters. The first kappa shape index (κ1) is 22.9. The van der Waals surface area contributed by atoms with Gasteiger partial charge in [-0.2, -0.15) is 26.3 Å². The van der Waals surface area contributed by atoms with Crippen LogP contribution in [-0.2, 0) is 20.0 Å². The molecule has 2 heterocycles. The van der Waals surface area contributed by atoms with E-state index in [0.717, 1.165) is 0 Å². The van der Waals surface area contributed by atoms with Gasteiger partial charge in [-0.25, -0.2) is 26.8 Å². The normalized spacial score (nSPS) is 12.4. The molecule has 0 saturated heterocycles. The van der Waals surface area contributed by atoms with Gasteiger partial charge in [0.15, 0.2) is 0 Å². The largest absolute Gasteiger partial charge is 0.512 e. The van der Waals surface area contributed by atoms with Gasteiger partial charge in [-0.05, 0) is 0 Å². The molecule has 0 spiro atoms. The van der Waals surface area contributed by atoms with Crippen LogP contribution in [0.4, 0.5) is 26.3 Å². The highest BCUT2D eigenvalue weighted by Gasteiger charge is 2.55. The van der Waals surface area contributed by atoms with Gasteiger partial charge in [0, 0.05) is 24.8 Å². The Morgan fingerprint density at radius 1 is 0.720 bits per heavy atom. The highest BCUT2D eigenvalue weighted by Crippen LogP contribution is 2.27. The molecule has 0 fully saturated rings. The lowest BCUT2D eigenvalue weighted by atomic mass is 11.0. The van der Waals surface area contributed by atoms with E-state index in [1.165, 1.54) is 0 Å². The van der Waals surface area contributed by atoms with Gasteiger partial charge in [0.25, 0.3) is 0 Å². The lowest BCUT2D eigenvalue weighted by Crippen LogP contribution is -2.45. The molecule has 144 valence electrons. The summed E-state index contributed by atoms with van der Waals surface area (Å²) in [6.45, 7) is 0. The molecule has 0 amide bonds. The summed E-state index contributed by atoms with van der Waals surface area (Å²) >= 11 is 0. The van der Waals surface area contributed by atoms with E-state index in [9.17, 15) is 43.2 Å². The predicted octanol–water partition coefficient (Wildman–Crippen LogP) is 1.09. The van der Waals surface area contributed by atoms with Crippen LogP contribution in [0.1, 0.15) is 0 Å². The van der Waals surface area contributed by atoms with Gasteiger partial charge in [0.2, 0.25) is 0 Å². The summed E-state index contributed by atoms with van der Waals surface area (Å²) in [5, 5.41) is 0. The minimum absolute atomic E-state index is 0.493. The minimum atomic E-state index is -6.60. The average Bonchev–Trinajstić information content (AvgIpc) is 3.15. The summed E-state index contributed by atoms with van der Waals surface area (Å²) in [5.41, 5.74) is -12.3. The summed E-state index contributed by atoms with van der Waals surface area (Å²) in [6, 6.07) is 0. The van der Waals surface area contributed by atoms with Crippen LogP contribution in [0.15, 0.2) is 37.4 Å². The van der Waals surface area contributed by atoms with Gasteiger partial charge in [-0.15, -0.1) is 0 Å². The van der Waals surface area contributed by atoms with E-state index in [4.69, 9.17) is 0 Å². The Balaban J connectivity index is 0.000000456. The van der Waals surface area contributed by atoms with Crippen molar-refractivity contribution in [1.29, 1.82) is 0 Å². The first-order valence-corrected chi connectivity index (χ1v) is 8.44. The zero-order chi connectivity index (χ0) is 19.8. The molecule has 0 aliphatic heterocycles. The Labute approximate surface area is 136 Å². The fourth-order valence-corrected chi connectivity index (χ4v) is 2.58. The Bertz CT molecular complexity index is 680.